The van der Waals surface area contributed by atoms with Gasteiger partial charge in [0.15, 0.2) is 22.7 Å². The van der Waals surface area contributed by atoms with E-state index >= 15 is 0 Å². The third kappa shape index (κ3) is 3.42. The van der Waals surface area contributed by atoms with Gasteiger partial charge in [0.2, 0.25) is 0 Å². The van der Waals surface area contributed by atoms with Crippen LogP contribution in [0.15, 0.2) is 41.0 Å². The Morgan fingerprint density at radius 2 is 2.23 bits per heavy atom. The molecule has 1 N–H and O–H groups in total. The number of rotatable bonds is 7. The largest absolute Gasteiger partial charge is 0.360 e. The van der Waals surface area contributed by atoms with Gasteiger partial charge in [-0.2, -0.15) is 5.26 Å². The second-order valence-electron chi connectivity index (χ2n) is 7.30. The normalized spacial score (nSPS) is 14.7. The number of fused-ring (bicyclic) bond motifs is 1. The van der Waals surface area contributed by atoms with Gasteiger partial charge in [-0.3, -0.25) is 9.36 Å². The van der Waals surface area contributed by atoms with Crippen molar-refractivity contribution in [3.63, 3.8) is 0 Å². The topological polar surface area (TPSA) is 100 Å². The van der Waals surface area contributed by atoms with Gasteiger partial charge < -0.3 is 4.98 Å². The standard InChI is InChI=1S/C21H18N6OS2/c1-12-10-29-20(24-12)15(8-22)18(28)11-30-21-26-25-19(27(21)13-6-7-13)16-9-23-17-5-3-2-4-14(16)17/h2-5,9-10,13,15,23H,6-7,11H2,1H3/t15-/m0/s1. The smallest absolute Gasteiger partial charge is 0.192 e. The number of carbonyl (C=O) groups is 1. The monoisotopic (exact) mass is 434 g/mol. The molecule has 0 bridgehead atoms. The second kappa shape index (κ2) is 7.70. The van der Waals surface area contributed by atoms with Crippen LogP contribution in [0.3, 0.4) is 0 Å². The quantitative estimate of drug-likeness (QED) is 0.430. The molecule has 30 heavy (non-hydrogen) atoms. The van der Waals surface area contributed by atoms with Gasteiger partial charge in [-0.1, -0.05) is 30.0 Å². The molecule has 3 heterocycles. The van der Waals surface area contributed by atoms with E-state index in [1.165, 1.54) is 23.1 Å². The number of thiazole rings is 1. The van der Waals surface area contributed by atoms with Crippen molar-refractivity contribution >= 4 is 39.8 Å². The summed E-state index contributed by atoms with van der Waals surface area (Å²) in [5, 5.41) is 22.6. The predicted molar refractivity (Wildman–Crippen MR) is 117 cm³/mol. The molecule has 1 saturated carbocycles. The van der Waals surface area contributed by atoms with Crippen LogP contribution in [0.4, 0.5) is 0 Å². The fourth-order valence-electron chi connectivity index (χ4n) is 3.47. The van der Waals surface area contributed by atoms with Crippen LogP contribution in [0.1, 0.15) is 35.5 Å². The molecular weight excluding hydrogens is 416 g/mol. The fourth-order valence-corrected chi connectivity index (χ4v) is 5.24. The van der Waals surface area contributed by atoms with Crippen LogP contribution in [0.2, 0.25) is 0 Å². The summed E-state index contributed by atoms with van der Waals surface area (Å²) >= 11 is 2.70. The van der Waals surface area contributed by atoms with E-state index in [1.54, 1.807) is 0 Å². The van der Waals surface area contributed by atoms with Crippen LogP contribution in [0.5, 0.6) is 0 Å². The minimum absolute atomic E-state index is 0.157. The third-order valence-corrected chi connectivity index (χ3v) is 7.08. The Labute approximate surface area is 181 Å². The maximum atomic E-state index is 12.7. The maximum absolute atomic E-state index is 12.7. The highest BCUT2D eigenvalue weighted by atomic mass is 32.2. The molecule has 5 rings (SSSR count). The van der Waals surface area contributed by atoms with Crippen LogP contribution in [0.25, 0.3) is 22.3 Å². The molecule has 0 amide bonds. The van der Waals surface area contributed by atoms with Crippen molar-refractivity contribution in [2.24, 2.45) is 0 Å². The summed E-state index contributed by atoms with van der Waals surface area (Å²) in [6, 6.07) is 10.6. The van der Waals surface area contributed by atoms with Gasteiger partial charge in [-0.25, -0.2) is 4.98 Å². The van der Waals surface area contributed by atoms with E-state index in [2.05, 4.69) is 36.9 Å². The number of para-hydroxylation sites is 1. The van der Waals surface area contributed by atoms with E-state index in [9.17, 15) is 10.1 Å². The average molecular weight is 435 g/mol. The first-order valence-electron chi connectivity index (χ1n) is 9.64. The molecule has 0 spiro atoms. The molecule has 0 saturated heterocycles. The Morgan fingerprint density at radius 3 is 2.97 bits per heavy atom. The zero-order valence-electron chi connectivity index (χ0n) is 16.2. The fraction of sp³-hybridized carbons (Fsp3) is 0.286. The maximum Gasteiger partial charge on any atom is 0.192 e. The molecule has 3 aromatic heterocycles. The molecule has 1 aromatic carbocycles. The molecule has 1 fully saturated rings. The predicted octanol–water partition coefficient (Wildman–Crippen LogP) is 4.49. The van der Waals surface area contributed by atoms with E-state index in [1.807, 2.05) is 36.7 Å². The van der Waals surface area contributed by atoms with Crippen molar-refractivity contribution in [3.05, 3.63) is 46.5 Å². The summed E-state index contributed by atoms with van der Waals surface area (Å²) in [4.78, 5) is 20.3. The van der Waals surface area contributed by atoms with Crippen molar-refractivity contribution in [1.29, 1.82) is 5.26 Å². The van der Waals surface area contributed by atoms with Gasteiger partial charge in [0, 0.05) is 39.8 Å². The van der Waals surface area contributed by atoms with E-state index in [4.69, 9.17) is 0 Å². The van der Waals surface area contributed by atoms with Crippen LogP contribution in [0, 0.1) is 18.3 Å². The number of nitrogens with zero attached hydrogens (tertiary/aromatic N) is 5. The molecule has 0 radical (unpaired) electrons. The van der Waals surface area contributed by atoms with E-state index in [0.717, 1.165) is 46.0 Å². The Bertz CT molecular complexity index is 1280. The number of Topliss-reactive ketones (excluding diaryl/α,β-unsaturated/α-hetero) is 1. The summed E-state index contributed by atoms with van der Waals surface area (Å²) in [5.74, 6) is -0.00927. The molecule has 1 aliphatic rings. The Balaban J connectivity index is 1.41. The Hall–Kier alpha value is -2.96. The molecule has 1 atom stereocenters. The van der Waals surface area contributed by atoms with Crippen LogP contribution in [-0.2, 0) is 4.79 Å². The van der Waals surface area contributed by atoms with Gasteiger partial charge in [0.25, 0.3) is 0 Å². The number of aryl methyl sites for hydroxylation is 1. The molecule has 150 valence electrons. The number of H-pyrrole nitrogens is 1. The summed E-state index contributed by atoms with van der Waals surface area (Å²) in [5.41, 5.74) is 2.89. The number of nitriles is 1. The number of ketones is 1. The number of hydrogen-bond acceptors (Lipinski definition) is 7. The van der Waals surface area contributed by atoms with Gasteiger partial charge in [-0.15, -0.1) is 21.5 Å². The average Bonchev–Trinajstić information content (AvgIpc) is 3.16. The highest BCUT2D eigenvalue weighted by Gasteiger charge is 2.32. The van der Waals surface area contributed by atoms with Crippen molar-refractivity contribution in [3.8, 4) is 17.5 Å². The van der Waals surface area contributed by atoms with Gasteiger partial charge >= 0.3 is 0 Å². The van der Waals surface area contributed by atoms with Crippen molar-refractivity contribution in [2.45, 2.75) is 36.9 Å². The van der Waals surface area contributed by atoms with Gasteiger partial charge in [-0.05, 0) is 25.8 Å². The van der Waals surface area contributed by atoms with Crippen LogP contribution < -0.4 is 0 Å². The zero-order valence-corrected chi connectivity index (χ0v) is 17.8. The lowest BCUT2D eigenvalue weighted by Crippen LogP contribution is -2.13. The molecular formula is C21H18N6OS2. The molecule has 9 heteroatoms. The summed E-state index contributed by atoms with van der Waals surface area (Å²) in [6.45, 7) is 1.86. The zero-order chi connectivity index (χ0) is 20.7. The minimum Gasteiger partial charge on any atom is -0.360 e. The molecule has 7 nitrogen and oxygen atoms in total. The number of carbonyl (C=O) groups excluding carboxylic acids is 1. The molecule has 0 unspecified atom stereocenters. The van der Waals surface area contributed by atoms with Crippen LogP contribution in [-0.4, -0.2) is 36.3 Å². The highest BCUT2D eigenvalue weighted by molar-refractivity contribution is 7.99. The number of benzene rings is 1. The summed E-state index contributed by atoms with van der Waals surface area (Å²) < 4.78 is 2.14. The van der Waals surface area contributed by atoms with Crippen LogP contribution >= 0.6 is 23.1 Å². The van der Waals surface area contributed by atoms with Crippen molar-refractivity contribution < 1.29 is 4.79 Å². The minimum atomic E-state index is -0.832. The summed E-state index contributed by atoms with van der Waals surface area (Å²) in [6.07, 6.45) is 4.12. The lowest BCUT2D eigenvalue weighted by Gasteiger charge is -2.09. The lowest BCUT2D eigenvalue weighted by molar-refractivity contribution is -0.116. The second-order valence-corrected chi connectivity index (χ2v) is 9.13. The third-order valence-electron chi connectivity index (χ3n) is 5.09. The van der Waals surface area contributed by atoms with E-state index < -0.39 is 5.92 Å². The SMILES string of the molecule is Cc1csc([C@@H](C#N)C(=O)CSc2nnc(-c3c[nH]c4ccccc34)n2C2CC2)n1. The number of aromatic amines is 1. The Kier molecular flexibility index (Phi) is 4.89. The number of thioether (sulfide) groups is 1. The van der Waals surface area contributed by atoms with Crippen molar-refractivity contribution in [2.75, 3.05) is 5.75 Å². The lowest BCUT2D eigenvalue weighted by atomic mass is 10.1. The van der Waals surface area contributed by atoms with Gasteiger partial charge in [0.1, 0.15) is 5.01 Å². The first-order chi connectivity index (χ1) is 14.7. The molecule has 4 aromatic rings. The Morgan fingerprint density at radius 1 is 1.40 bits per heavy atom. The number of hydrogen-bond donors (Lipinski definition) is 1. The van der Waals surface area contributed by atoms with Gasteiger partial charge in [0.05, 0.1) is 11.8 Å². The number of nitrogens with one attached hydrogen (secondary N) is 1. The number of aromatic nitrogens is 5. The first kappa shape index (κ1) is 19.0. The molecule has 0 aliphatic heterocycles. The van der Waals surface area contributed by atoms with Crippen molar-refractivity contribution in [1.82, 2.24) is 24.7 Å². The molecule has 1 aliphatic carbocycles. The highest BCUT2D eigenvalue weighted by Crippen LogP contribution is 2.42. The summed E-state index contributed by atoms with van der Waals surface area (Å²) in [7, 11) is 0. The van der Waals surface area contributed by atoms with E-state index in [0.29, 0.717) is 11.0 Å². The first-order valence-corrected chi connectivity index (χ1v) is 11.5. The van der Waals surface area contributed by atoms with E-state index in [-0.39, 0.29) is 11.5 Å².